The lowest BCUT2D eigenvalue weighted by Crippen LogP contribution is -2.16. The number of sulfonamides is 1. The summed E-state index contributed by atoms with van der Waals surface area (Å²) >= 11 is 5.88. The lowest BCUT2D eigenvalue weighted by molar-refractivity contribution is 0.598. The molecule has 0 bridgehead atoms. The van der Waals surface area contributed by atoms with E-state index in [1.54, 1.807) is 0 Å². The summed E-state index contributed by atoms with van der Waals surface area (Å²) in [6.45, 7) is 0. The number of fused-ring (bicyclic) bond motifs is 1. The van der Waals surface area contributed by atoms with E-state index >= 15 is 0 Å². The Kier molecular flexibility index (Phi) is 5.34. The van der Waals surface area contributed by atoms with Crippen LogP contribution in [0.1, 0.15) is 5.56 Å². The van der Waals surface area contributed by atoms with Crippen LogP contribution in [0.3, 0.4) is 0 Å². The minimum absolute atomic E-state index is 0.0793. The van der Waals surface area contributed by atoms with Crippen molar-refractivity contribution in [2.45, 2.75) is 4.90 Å². The molecule has 0 atom stereocenters. The highest BCUT2D eigenvalue weighted by Gasteiger charge is 2.16. The standard InChI is InChI=1S/C23H17ClN2O2S/c24-20-11-14-22(15-12-20)29(27,28)26-23(18-7-2-1-3-8-18)25-21-13-10-17-6-4-5-9-19(17)16-21/h1-16H,(H,25,26). The number of hydrogen-bond acceptors (Lipinski definition) is 2. The Balaban J connectivity index is 1.77. The monoisotopic (exact) mass is 420 g/mol. The van der Waals surface area contributed by atoms with Gasteiger partial charge in [0.15, 0.2) is 5.84 Å². The third-order valence-corrected chi connectivity index (χ3v) is 5.93. The Bertz CT molecular complexity index is 1290. The fourth-order valence-electron chi connectivity index (χ4n) is 2.93. The molecule has 0 aliphatic rings. The van der Waals surface area contributed by atoms with Gasteiger partial charge in [0.1, 0.15) is 0 Å². The quantitative estimate of drug-likeness (QED) is 0.338. The predicted molar refractivity (Wildman–Crippen MR) is 119 cm³/mol. The van der Waals surface area contributed by atoms with Crippen molar-refractivity contribution in [3.8, 4) is 0 Å². The number of amidine groups is 1. The van der Waals surface area contributed by atoms with Crippen molar-refractivity contribution in [2.75, 3.05) is 5.32 Å². The molecule has 6 heteroatoms. The molecule has 0 heterocycles. The molecule has 0 fully saturated rings. The van der Waals surface area contributed by atoms with E-state index in [2.05, 4.69) is 9.71 Å². The van der Waals surface area contributed by atoms with E-state index in [1.807, 2.05) is 72.8 Å². The smallest absolute Gasteiger partial charge is 0.284 e. The fraction of sp³-hybridized carbons (Fsp3) is 0. The summed E-state index contributed by atoms with van der Waals surface area (Å²) in [7, 11) is -3.92. The zero-order chi connectivity index (χ0) is 20.3. The van der Waals surface area contributed by atoms with Crippen LogP contribution in [0.15, 0.2) is 106 Å². The lowest BCUT2D eigenvalue weighted by Gasteiger charge is -2.11. The van der Waals surface area contributed by atoms with E-state index in [0.29, 0.717) is 10.6 Å². The second-order valence-corrected chi connectivity index (χ2v) is 8.46. The molecule has 0 saturated heterocycles. The summed E-state index contributed by atoms with van der Waals surface area (Å²) in [6.07, 6.45) is 0. The molecule has 0 aliphatic carbocycles. The van der Waals surface area contributed by atoms with E-state index in [-0.39, 0.29) is 10.7 Å². The molecule has 0 aromatic heterocycles. The molecule has 4 aromatic carbocycles. The number of nitrogens with zero attached hydrogens (tertiary/aromatic N) is 1. The Labute approximate surface area is 174 Å². The van der Waals surface area contributed by atoms with Crippen molar-refractivity contribution >= 4 is 43.9 Å². The van der Waals surface area contributed by atoms with Gasteiger partial charge in [-0.25, -0.2) is 0 Å². The number of nitrogens with one attached hydrogen (secondary N) is 1. The van der Waals surface area contributed by atoms with Gasteiger partial charge in [-0.2, -0.15) is 8.42 Å². The van der Waals surface area contributed by atoms with Gasteiger partial charge in [-0.15, -0.1) is 4.40 Å². The van der Waals surface area contributed by atoms with Crippen molar-refractivity contribution in [1.29, 1.82) is 0 Å². The maximum atomic E-state index is 12.9. The van der Waals surface area contributed by atoms with Gasteiger partial charge in [0.05, 0.1) is 4.90 Å². The molecule has 4 rings (SSSR count). The summed E-state index contributed by atoms with van der Waals surface area (Å²) in [6, 6.07) is 28.9. The zero-order valence-corrected chi connectivity index (χ0v) is 16.9. The molecule has 4 nitrogen and oxygen atoms in total. The minimum Gasteiger partial charge on any atom is -0.339 e. The van der Waals surface area contributed by atoms with Gasteiger partial charge in [-0.1, -0.05) is 72.3 Å². The molecular weight excluding hydrogens is 404 g/mol. The fourth-order valence-corrected chi connectivity index (χ4v) is 4.03. The van der Waals surface area contributed by atoms with Crippen LogP contribution in [-0.4, -0.2) is 14.3 Å². The molecule has 1 N–H and O–H groups in total. The van der Waals surface area contributed by atoms with Crippen LogP contribution in [0.5, 0.6) is 0 Å². The van der Waals surface area contributed by atoms with Gasteiger partial charge in [-0.3, -0.25) is 0 Å². The minimum atomic E-state index is -3.92. The van der Waals surface area contributed by atoms with Crippen LogP contribution in [0, 0.1) is 0 Å². The highest BCUT2D eigenvalue weighted by molar-refractivity contribution is 7.90. The molecule has 0 unspecified atom stereocenters. The topological polar surface area (TPSA) is 58.5 Å². The summed E-state index contributed by atoms with van der Waals surface area (Å²) in [5.41, 5.74) is 1.41. The largest absolute Gasteiger partial charge is 0.339 e. The van der Waals surface area contributed by atoms with E-state index in [1.165, 1.54) is 24.3 Å². The zero-order valence-electron chi connectivity index (χ0n) is 15.3. The summed E-state index contributed by atoms with van der Waals surface area (Å²) < 4.78 is 29.8. The first kappa shape index (κ1) is 19.2. The van der Waals surface area contributed by atoms with Crippen molar-refractivity contribution in [3.63, 3.8) is 0 Å². The van der Waals surface area contributed by atoms with Crippen LogP contribution in [-0.2, 0) is 10.0 Å². The molecule has 0 radical (unpaired) electrons. The van der Waals surface area contributed by atoms with Gasteiger partial charge in [0.2, 0.25) is 0 Å². The molecule has 4 aromatic rings. The summed E-state index contributed by atoms with van der Waals surface area (Å²) in [4.78, 5) is 0.0793. The Hall–Kier alpha value is -3.15. The number of hydrogen-bond donors (Lipinski definition) is 1. The van der Waals surface area contributed by atoms with Gasteiger partial charge < -0.3 is 5.32 Å². The SMILES string of the molecule is O=S(=O)(N=C(Nc1ccc2ccccc2c1)c1ccccc1)c1ccc(Cl)cc1. The van der Waals surface area contributed by atoms with Gasteiger partial charge in [-0.05, 0) is 47.2 Å². The number of anilines is 1. The van der Waals surface area contributed by atoms with E-state index in [9.17, 15) is 8.42 Å². The van der Waals surface area contributed by atoms with Crippen molar-refractivity contribution in [2.24, 2.45) is 4.40 Å². The van der Waals surface area contributed by atoms with Crippen molar-refractivity contribution in [3.05, 3.63) is 108 Å². The summed E-state index contributed by atoms with van der Waals surface area (Å²) in [5.74, 6) is 0.246. The second kappa shape index (κ2) is 8.07. The van der Waals surface area contributed by atoms with E-state index < -0.39 is 10.0 Å². The first-order valence-corrected chi connectivity index (χ1v) is 10.7. The third-order valence-electron chi connectivity index (χ3n) is 4.38. The molecule has 29 heavy (non-hydrogen) atoms. The average Bonchev–Trinajstić information content (AvgIpc) is 2.74. The Morgan fingerprint density at radius 3 is 2.14 bits per heavy atom. The Morgan fingerprint density at radius 2 is 1.41 bits per heavy atom. The molecule has 0 spiro atoms. The highest BCUT2D eigenvalue weighted by Crippen LogP contribution is 2.21. The van der Waals surface area contributed by atoms with Gasteiger partial charge >= 0.3 is 0 Å². The third kappa shape index (κ3) is 4.47. The van der Waals surface area contributed by atoms with Crippen LogP contribution in [0.4, 0.5) is 5.69 Å². The molecule has 0 amide bonds. The first-order valence-electron chi connectivity index (χ1n) is 8.93. The molecule has 0 saturated carbocycles. The van der Waals surface area contributed by atoms with Crippen LogP contribution < -0.4 is 5.32 Å². The molecular formula is C23H17ClN2O2S. The maximum Gasteiger partial charge on any atom is 0.284 e. The van der Waals surface area contributed by atoms with Crippen LogP contribution >= 0.6 is 11.6 Å². The highest BCUT2D eigenvalue weighted by atomic mass is 35.5. The second-order valence-electron chi connectivity index (χ2n) is 6.42. The Morgan fingerprint density at radius 1 is 0.759 bits per heavy atom. The average molecular weight is 421 g/mol. The van der Waals surface area contributed by atoms with Crippen molar-refractivity contribution in [1.82, 2.24) is 0 Å². The van der Waals surface area contributed by atoms with Gasteiger partial charge in [0, 0.05) is 16.3 Å². The summed E-state index contributed by atoms with van der Waals surface area (Å²) in [5, 5.41) is 5.78. The van der Waals surface area contributed by atoms with Crippen molar-refractivity contribution < 1.29 is 8.42 Å². The normalized spacial score (nSPS) is 12.1. The number of halogens is 1. The number of benzene rings is 4. The lowest BCUT2D eigenvalue weighted by atomic mass is 10.1. The van der Waals surface area contributed by atoms with Crippen LogP contribution in [0.25, 0.3) is 10.8 Å². The van der Waals surface area contributed by atoms with Crippen LogP contribution in [0.2, 0.25) is 5.02 Å². The van der Waals surface area contributed by atoms with E-state index in [0.717, 1.165) is 16.5 Å². The molecule has 144 valence electrons. The predicted octanol–water partition coefficient (Wildman–Crippen LogP) is 5.74. The van der Waals surface area contributed by atoms with Gasteiger partial charge in [0.25, 0.3) is 10.0 Å². The number of rotatable bonds is 4. The maximum absolute atomic E-state index is 12.9. The first-order chi connectivity index (χ1) is 14.0. The van der Waals surface area contributed by atoms with E-state index in [4.69, 9.17) is 11.6 Å². The molecule has 0 aliphatic heterocycles.